The number of piperidine rings is 1. The average molecular weight is 300 g/mol. The van der Waals surface area contributed by atoms with Gasteiger partial charge < -0.3 is 20.4 Å². The zero-order chi connectivity index (χ0) is 16.0. The van der Waals surface area contributed by atoms with Gasteiger partial charge in [-0.1, -0.05) is 20.8 Å². The van der Waals surface area contributed by atoms with Crippen LogP contribution in [0.5, 0.6) is 0 Å². The number of aliphatic hydroxyl groups is 1. The van der Waals surface area contributed by atoms with Gasteiger partial charge in [-0.3, -0.25) is 4.79 Å². The molecular formula is C15H28N2O4. The summed E-state index contributed by atoms with van der Waals surface area (Å²) in [6.07, 6.45) is 2.43. The number of carbonyl (C=O) groups excluding carboxylic acids is 1. The summed E-state index contributed by atoms with van der Waals surface area (Å²) in [5.74, 6) is -1.14. The van der Waals surface area contributed by atoms with Gasteiger partial charge in [0.25, 0.3) is 0 Å². The van der Waals surface area contributed by atoms with Crippen LogP contribution in [0.15, 0.2) is 0 Å². The third kappa shape index (κ3) is 5.19. The molecule has 0 aliphatic carbocycles. The average Bonchev–Trinajstić information content (AvgIpc) is 2.46. The maximum Gasteiger partial charge on any atom is 0.317 e. The lowest BCUT2D eigenvalue weighted by atomic mass is 9.91. The Morgan fingerprint density at radius 1 is 1.29 bits per heavy atom. The van der Waals surface area contributed by atoms with E-state index in [-0.39, 0.29) is 18.5 Å². The van der Waals surface area contributed by atoms with Crippen molar-refractivity contribution < 1.29 is 19.8 Å². The fourth-order valence-electron chi connectivity index (χ4n) is 2.81. The fourth-order valence-corrected chi connectivity index (χ4v) is 2.81. The lowest BCUT2D eigenvalue weighted by Gasteiger charge is -2.35. The molecule has 21 heavy (non-hydrogen) atoms. The van der Waals surface area contributed by atoms with E-state index in [4.69, 9.17) is 5.11 Å². The number of urea groups is 1. The molecule has 122 valence electrons. The lowest BCUT2D eigenvalue weighted by molar-refractivity contribution is -0.143. The highest BCUT2D eigenvalue weighted by molar-refractivity contribution is 5.76. The Hall–Kier alpha value is -1.30. The van der Waals surface area contributed by atoms with Crippen molar-refractivity contribution in [1.82, 2.24) is 10.2 Å². The van der Waals surface area contributed by atoms with Crippen LogP contribution in [0.3, 0.4) is 0 Å². The van der Waals surface area contributed by atoms with Crippen molar-refractivity contribution in [2.75, 3.05) is 19.6 Å². The predicted octanol–water partition coefficient (Wildman–Crippen LogP) is 1.68. The van der Waals surface area contributed by atoms with E-state index in [1.54, 1.807) is 4.90 Å². The van der Waals surface area contributed by atoms with Gasteiger partial charge in [0.1, 0.15) is 0 Å². The first-order chi connectivity index (χ1) is 9.81. The molecule has 0 aromatic heterocycles. The van der Waals surface area contributed by atoms with Crippen molar-refractivity contribution in [2.24, 2.45) is 11.8 Å². The van der Waals surface area contributed by atoms with E-state index in [0.29, 0.717) is 38.8 Å². The second-order valence-corrected chi connectivity index (χ2v) is 6.19. The Balaban J connectivity index is 2.46. The number of carboxylic acid groups (broad SMARTS) is 1. The largest absolute Gasteiger partial charge is 0.481 e. The fraction of sp³-hybridized carbons (Fsp3) is 0.867. The molecule has 1 fully saturated rings. The van der Waals surface area contributed by atoms with E-state index in [2.05, 4.69) is 5.32 Å². The van der Waals surface area contributed by atoms with Crippen LogP contribution < -0.4 is 5.32 Å². The lowest BCUT2D eigenvalue weighted by Crippen LogP contribution is -2.50. The number of hydrogen-bond acceptors (Lipinski definition) is 3. The summed E-state index contributed by atoms with van der Waals surface area (Å²) in [7, 11) is 0. The summed E-state index contributed by atoms with van der Waals surface area (Å²) >= 11 is 0. The number of amides is 2. The highest BCUT2D eigenvalue weighted by Crippen LogP contribution is 2.22. The van der Waals surface area contributed by atoms with Crippen LogP contribution in [0.25, 0.3) is 0 Å². The van der Waals surface area contributed by atoms with Gasteiger partial charge in [0, 0.05) is 19.6 Å². The van der Waals surface area contributed by atoms with Crippen LogP contribution in [0.4, 0.5) is 4.79 Å². The Morgan fingerprint density at radius 2 is 1.90 bits per heavy atom. The highest BCUT2D eigenvalue weighted by Gasteiger charge is 2.32. The number of carboxylic acids is 1. The molecule has 3 N–H and O–H groups in total. The normalized spacial score (nSPS) is 23.0. The van der Waals surface area contributed by atoms with Gasteiger partial charge in [-0.05, 0) is 31.6 Å². The quantitative estimate of drug-likeness (QED) is 0.696. The van der Waals surface area contributed by atoms with Gasteiger partial charge in [-0.15, -0.1) is 0 Å². The molecule has 2 atom stereocenters. The molecule has 1 rings (SSSR count). The van der Waals surface area contributed by atoms with Gasteiger partial charge in [-0.2, -0.15) is 0 Å². The molecule has 0 bridgehead atoms. The zero-order valence-electron chi connectivity index (χ0n) is 13.3. The zero-order valence-corrected chi connectivity index (χ0v) is 13.3. The number of nitrogens with one attached hydrogen (secondary N) is 1. The van der Waals surface area contributed by atoms with Gasteiger partial charge in [-0.25, -0.2) is 4.79 Å². The number of nitrogens with zero attached hydrogens (tertiary/aromatic N) is 1. The van der Waals surface area contributed by atoms with Crippen molar-refractivity contribution in [2.45, 2.75) is 52.1 Å². The second kappa shape index (κ2) is 7.64. The molecule has 6 nitrogen and oxygen atoms in total. The standard InChI is InChI=1S/C15H28N2O4/c1-4-15(21,5-2)6-7-16-14(20)17-9-11(3)8-12(10-17)13(18)19/h11-12,21H,4-10H2,1-3H3,(H,16,20)(H,18,19). The minimum atomic E-state index is -0.842. The number of carbonyl (C=O) groups is 2. The highest BCUT2D eigenvalue weighted by atomic mass is 16.4. The van der Waals surface area contributed by atoms with E-state index in [1.807, 2.05) is 20.8 Å². The Morgan fingerprint density at radius 3 is 2.43 bits per heavy atom. The molecule has 1 saturated heterocycles. The Kier molecular flexibility index (Phi) is 6.45. The van der Waals surface area contributed by atoms with Crippen LogP contribution in [-0.4, -0.2) is 52.3 Å². The van der Waals surface area contributed by atoms with Crippen LogP contribution in [0.1, 0.15) is 46.5 Å². The Bertz CT molecular complexity index is 369. The van der Waals surface area contributed by atoms with E-state index >= 15 is 0 Å². The minimum absolute atomic E-state index is 0.189. The predicted molar refractivity (Wildman–Crippen MR) is 80.0 cm³/mol. The van der Waals surface area contributed by atoms with Gasteiger partial charge in [0.2, 0.25) is 0 Å². The van der Waals surface area contributed by atoms with E-state index in [9.17, 15) is 14.7 Å². The first-order valence-electron chi connectivity index (χ1n) is 7.79. The van der Waals surface area contributed by atoms with Gasteiger partial charge >= 0.3 is 12.0 Å². The molecule has 0 aromatic rings. The molecular weight excluding hydrogens is 272 g/mol. The van der Waals surface area contributed by atoms with Crippen LogP contribution in [0.2, 0.25) is 0 Å². The first-order valence-corrected chi connectivity index (χ1v) is 7.79. The first kappa shape index (κ1) is 17.8. The molecule has 2 unspecified atom stereocenters. The smallest absolute Gasteiger partial charge is 0.317 e. The summed E-state index contributed by atoms with van der Waals surface area (Å²) < 4.78 is 0. The maximum atomic E-state index is 12.1. The maximum absolute atomic E-state index is 12.1. The van der Waals surface area contributed by atoms with E-state index < -0.39 is 17.5 Å². The molecule has 0 radical (unpaired) electrons. The third-order valence-electron chi connectivity index (χ3n) is 4.48. The molecule has 0 aromatic carbocycles. The monoisotopic (exact) mass is 300 g/mol. The second-order valence-electron chi connectivity index (χ2n) is 6.19. The van der Waals surface area contributed by atoms with Crippen LogP contribution in [0, 0.1) is 11.8 Å². The third-order valence-corrected chi connectivity index (χ3v) is 4.48. The number of likely N-dealkylation sites (tertiary alicyclic amines) is 1. The number of rotatable bonds is 6. The molecule has 1 heterocycles. The summed E-state index contributed by atoms with van der Waals surface area (Å²) in [5, 5.41) is 22.1. The SMILES string of the molecule is CCC(O)(CC)CCNC(=O)N1CC(C)CC(C(=O)O)C1. The van der Waals surface area contributed by atoms with Gasteiger partial charge in [0.15, 0.2) is 0 Å². The van der Waals surface area contributed by atoms with Crippen molar-refractivity contribution in [3.8, 4) is 0 Å². The van der Waals surface area contributed by atoms with Crippen molar-refractivity contribution in [1.29, 1.82) is 0 Å². The van der Waals surface area contributed by atoms with Crippen LogP contribution >= 0.6 is 0 Å². The van der Waals surface area contributed by atoms with Crippen molar-refractivity contribution >= 4 is 12.0 Å². The molecule has 2 amide bonds. The Labute approximate surface area is 126 Å². The number of hydrogen-bond donors (Lipinski definition) is 3. The van der Waals surface area contributed by atoms with Crippen molar-refractivity contribution in [3.05, 3.63) is 0 Å². The molecule has 1 aliphatic heterocycles. The molecule has 0 spiro atoms. The molecule has 1 aliphatic rings. The van der Waals surface area contributed by atoms with E-state index in [1.165, 1.54) is 0 Å². The summed E-state index contributed by atoms with van der Waals surface area (Å²) in [6.45, 7) is 7.06. The molecule has 0 saturated carbocycles. The summed E-state index contributed by atoms with van der Waals surface area (Å²) in [6, 6.07) is -0.234. The number of aliphatic carboxylic acids is 1. The van der Waals surface area contributed by atoms with Gasteiger partial charge in [0.05, 0.1) is 11.5 Å². The van der Waals surface area contributed by atoms with Crippen molar-refractivity contribution in [3.63, 3.8) is 0 Å². The minimum Gasteiger partial charge on any atom is -0.481 e. The van der Waals surface area contributed by atoms with E-state index in [0.717, 1.165) is 0 Å². The summed E-state index contributed by atoms with van der Waals surface area (Å²) in [5.41, 5.74) is -0.730. The topological polar surface area (TPSA) is 89.9 Å². The molecule has 6 heteroatoms. The summed E-state index contributed by atoms with van der Waals surface area (Å²) in [4.78, 5) is 24.8. The van der Waals surface area contributed by atoms with Crippen LogP contribution in [-0.2, 0) is 4.79 Å².